The molecule has 0 aliphatic heterocycles. The van der Waals surface area contributed by atoms with Crippen LogP contribution in [0.2, 0.25) is 0 Å². The summed E-state index contributed by atoms with van der Waals surface area (Å²) >= 11 is 0. The standard InChI is InChI=1S/C17H21N3/c1-16(2)12-9-10-17(16,3)14-13(12)15(20-19-14)18-11-7-5-4-6-8-11/h4-8,12H,9-10H2,1-3H3,(H2,18,19,20). The fraction of sp³-hybridized carbons (Fsp3) is 0.471. The van der Waals surface area contributed by atoms with E-state index in [9.17, 15) is 0 Å². The van der Waals surface area contributed by atoms with E-state index in [-0.39, 0.29) is 5.41 Å². The molecule has 2 aliphatic carbocycles. The summed E-state index contributed by atoms with van der Waals surface area (Å²) in [7, 11) is 0. The van der Waals surface area contributed by atoms with E-state index in [2.05, 4.69) is 48.4 Å². The van der Waals surface area contributed by atoms with Gasteiger partial charge in [0.1, 0.15) is 0 Å². The summed E-state index contributed by atoms with van der Waals surface area (Å²) in [6.07, 6.45) is 2.55. The van der Waals surface area contributed by atoms with E-state index in [0.717, 1.165) is 11.5 Å². The molecule has 104 valence electrons. The van der Waals surface area contributed by atoms with Crippen molar-refractivity contribution >= 4 is 11.5 Å². The van der Waals surface area contributed by atoms with Gasteiger partial charge in [-0.3, -0.25) is 5.10 Å². The van der Waals surface area contributed by atoms with Crippen LogP contribution in [0.1, 0.15) is 50.8 Å². The first-order valence-corrected chi connectivity index (χ1v) is 7.45. The maximum atomic E-state index is 4.55. The van der Waals surface area contributed by atoms with Crippen molar-refractivity contribution in [1.82, 2.24) is 10.2 Å². The van der Waals surface area contributed by atoms with Gasteiger partial charge in [0.25, 0.3) is 0 Å². The van der Waals surface area contributed by atoms with Crippen molar-refractivity contribution in [3.05, 3.63) is 41.6 Å². The van der Waals surface area contributed by atoms with Gasteiger partial charge in [0, 0.05) is 22.4 Å². The van der Waals surface area contributed by atoms with Crippen LogP contribution in [0.4, 0.5) is 11.5 Å². The SMILES string of the molecule is CC12CCC(c3c(Nc4ccccc4)n[nH]c31)C2(C)C. The Morgan fingerprint density at radius 3 is 2.70 bits per heavy atom. The molecule has 1 fully saturated rings. The molecule has 0 amide bonds. The smallest absolute Gasteiger partial charge is 0.155 e. The first-order chi connectivity index (χ1) is 9.54. The molecule has 1 aromatic carbocycles. The summed E-state index contributed by atoms with van der Waals surface area (Å²) < 4.78 is 0. The van der Waals surface area contributed by atoms with Gasteiger partial charge >= 0.3 is 0 Å². The zero-order chi connectivity index (χ0) is 14.0. The number of aromatic nitrogens is 2. The van der Waals surface area contributed by atoms with Gasteiger partial charge in [-0.25, -0.2) is 0 Å². The molecule has 0 spiro atoms. The van der Waals surface area contributed by atoms with Gasteiger partial charge in [-0.15, -0.1) is 0 Å². The molecular weight excluding hydrogens is 246 g/mol. The maximum Gasteiger partial charge on any atom is 0.155 e. The minimum absolute atomic E-state index is 0.247. The van der Waals surface area contributed by atoms with E-state index in [1.54, 1.807) is 0 Å². The number of H-pyrrole nitrogens is 1. The quantitative estimate of drug-likeness (QED) is 0.850. The first kappa shape index (κ1) is 12.0. The number of hydrogen-bond donors (Lipinski definition) is 2. The second-order valence-corrected chi connectivity index (χ2v) is 7.00. The lowest BCUT2D eigenvalue weighted by Crippen LogP contribution is -2.32. The van der Waals surface area contributed by atoms with E-state index in [4.69, 9.17) is 0 Å². The lowest BCUT2D eigenvalue weighted by Gasteiger charge is -2.34. The lowest BCUT2D eigenvalue weighted by atomic mass is 9.70. The highest BCUT2D eigenvalue weighted by molar-refractivity contribution is 5.65. The summed E-state index contributed by atoms with van der Waals surface area (Å²) in [4.78, 5) is 0. The Morgan fingerprint density at radius 1 is 1.20 bits per heavy atom. The fourth-order valence-electron chi connectivity index (χ4n) is 4.32. The van der Waals surface area contributed by atoms with Crippen molar-refractivity contribution in [2.45, 2.75) is 44.9 Å². The van der Waals surface area contributed by atoms with Crippen LogP contribution >= 0.6 is 0 Å². The van der Waals surface area contributed by atoms with E-state index in [0.29, 0.717) is 11.3 Å². The van der Waals surface area contributed by atoms with Gasteiger partial charge in [0.15, 0.2) is 5.82 Å². The molecule has 2 aromatic rings. The summed E-state index contributed by atoms with van der Waals surface area (Å²) in [6.45, 7) is 7.21. The second-order valence-electron chi connectivity index (χ2n) is 7.00. The molecular formula is C17H21N3. The maximum absolute atomic E-state index is 4.55. The number of benzene rings is 1. The summed E-state index contributed by atoms with van der Waals surface area (Å²) in [5, 5.41) is 11.4. The Hall–Kier alpha value is -1.77. The van der Waals surface area contributed by atoms with E-state index >= 15 is 0 Å². The summed E-state index contributed by atoms with van der Waals surface area (Å²) in [5.74, 6) is 1.64. The van der Waals surface area contributed by atoms with Crippen LogP contribution in [-0.2, 0) is 5.41 Å². The predicted octanol–water partition coefficient (Wildman–Crippen LogP) is 4.33. The molecule has 1 saturated carbocycles. The van der Waals surface area contributed by atoms with Crippen molar-refractivity contribution < 1.29 is 0 Å². The average Bonchev–Trinajstić information content (AvgIpc) is 2.98. The largest absolute Gasteiger partial charge is 0.339 e. The molecule has 1 aromatic heterocycles. The minimum Gasteiger partial charge on any atom is -0.339 e. The summed E-state index contributed by atoms with van der Waals surface area (Å²) in [6, 6.07) is 10.3. The van der Waals surface area contributed by atoms with Crippen LogP contribution in [0.3, 0.4) is 0 Å². The highest BCUT2D eigenvalue weighted by Gasteiger charge is 2.61. The van der Waals surface area contributed by atoms with Gasteiger partial charge in [0.2, 0.25) is 0 Å². The van der Waals surface area contributed by atoms with E-state index < -0.39 is 0 Å². The monoisotopic (exact) mass is 267 g/mol. The topological polar surface area (TPSA) is 40.7 Å². The minimum atomic E-state index is 0.247. The third kappa shape index (κ3) is 1.28. The molecule has 4 rings (SSSR count). The van der Waals surface area contributed by atoms with Crippen molar-refractivity contribution in [2.24, 2.45) is 5.41 Å². The van der Waals surface area contributed by atoms with Gasteiger partial charge in [-0.05, 0) is 36.3 Å². The molecule has 3 nitrogen and oxygen atoms in total. The van der Waals surface area contributed by atoms with Crippen molar-refractivity contribution in [2.75, 3.05) is 5.32 Å². The highest BCUT2D eigenvalue weighted by atomic mass is 15.2. The third-order valence-corrected chi connectivity index (χ3v) is 5.97. The zero-order valence-electron chi connectivity index (χ0n) is 12.3. The number of rotatable bonds is 2. The molecule has 1 heterocycles. The van der Waals surface area contributed by atoms with Crippen LogP contribution in [-0.4, -0.2) is 10.2 Å². The van der Waals surface area contributed by atoms with Crippen molar-refractivity contribution in [3.63, 3.8) is 0 Å². The molecule has 0 radical (unpaired) electrons. The predicted molar refractivity (Wildman–Crippen MR) is 81.4 cm³/mol. The summed E-state index contributed by atoms with van der Waals surface area (Å²) in [5.41, 5.74) is 4.46. The Kier molecular flexibility index (Phi) is 2.20. The van der Waals surface area contributed by atoms with E-state index in [1.165, 1.54) is 24.1 Å². The van der Waals surface area contributed by atoms with Crippen LogP contribution in [0, 0.1) is 5.41 Å². The van der Waals surface area contributed by atoms with Crippen molar-refractivity contribution in [1.29, 1.82) is 0 Å². The van der Waals surface area contributed by atoms with Crippen LogP contribution < -0.4 is 5.32 Å². The van der Waals surface area contributed by atoms with Crippen molar-refractivity contribution in [3.8, 4) is 0 Å². The first-order valence-electron chi connectivity index (χ1n) is 7.45. The molecule has 2 unspecified atom stereocenters. The number of para-hydroxylation sites is 1. The lowest BCUT2D eigenvalue weighted by molar-refractivity contribution is 0.225. The Balaban J connectivity index is 1.78. The number of aromatic amines is 1. The van der Waals surface area contributed by atoms with Crippen LogP contribution in [0.5, 0.6) is 0 Å². The third-order valence-electron chi connectivity index (χ3n) is 5.97. The average molecular weight is 267 g/mol. The fourth-order valence-corrected chi connectivity index (χ4v) is 4.32. The van der Waals surface area contributed by atoms with Crippen LogP contribution in [0.15, 0.2) is 30.3 Å². The number of hydrogen-bond acceptors (Lipinski definition) is 2. The van der Waals surface area contributed by atoms with E-state index in [1.807, 2.05) is 18.2 Å². The number of fused-ring (bicyclic) bond motifs is 5. The Labute approximate surface area is 119 Å². The molecule has 3 heteroatoms. The number of nitrogens with one attached hydrogen (secondary N) is 2. The molecule has 2 N–H and O–H groups in total. The Bertz CT molecular complexity index is 656. The number of nitrogens with zero attached hydrogens (tertiary/aromatic N) is 1. The highest BCUT2D eigenvalue weighted by Crippen LogP contribution is 2.68. The van der Waals surface area contributed by atoms with Crippen LogP contribution in [0.25, 0.3) is 0 Å². The molecule has 2 aliphatic rings. The van der Waals surface area contributed by atoms with Gasteiger partial charge in [-0.1, -0.05) is 39.0 Å². The second kappa shape index (κ2) is 3.66. The van der Waals surface area contributed by atoms with Gasteiger partial charge in [-0.2, -0.15) is 5.10 Å². The van der Waals surface area contributed by atoms with Gasteiger partial charge in [0.05, 0.1) is 0 Å². The molecule has 2 bridgehead atoms. The molecule has 20 heavy (non-hydrogen) atoms. The molecule has 0 saturated heterocycles. The number of anilines is 2. The zero-order valence-corrected chi connectivity index (χ0v) is 12.3. The normalized spacial score (nSPS) is 29.4. The Morgan fingerprint density at radius 2 is 1.95 bits per heavy atom. The molecule has 2 atom stereocenters. The van der Waals surface area contributed by atoms with Gasteiger partial charge < -0.3 is 5.32 Å².